The van der Waals surface area contributed by atoms with E-state index in [4.69, 9.17) is 18.1 Å². The van der Waals surface area contributed by atoms with E-state index in [9.17, 15) is 4.39 Å². The van der Waals surface area contributed by atoms with Gasteiger partial charge in [-0.3, -0.25) is 0 Å². The molecule has 6 rings (SSSR count). The fraction of sp³-hybridized carbons (Fsp3) is 0.265. The lowest BCUT2D eigenvalue weighted by molar-refractivity contribution is 0.477. The molecule has 0 spiro atoms. The fourth-order valence-corrected chi connectivity index (χ4v) is 9.48. The van der Waals surface area contributed by atoms with E-state index in [-0.39, 0.29) is 16.6 Å². The van der Waals surface area contributed by atoms with Gasteiger partial charge in [0.15, 0.2) is 0 Å². The van der Waals surface area contributed by atoms with Crippen molar-refractivity contribution in [3.8, 4) is 34.1 Å². The van der Waals surface area contributed by atoms with Crippen molar-refractivity contribution in [2.45, 2.75) is 87.0 Å². The molecule has 0 saturated carbocycles. The van der Waals surface area contributed by atoms with Crippen molar-refractivity contribution >= 4 is 27.4 Å². The molecule has 0 bridgehead atoms. The van der Waals surface area contributed by atoms with Crippen molar-refractivity contribution in [1.82, 2.24) is 0 Å². The van der Waals surface area contributed by atoms with Crippen LogP contribution in [-0.4, -0.2) is 0 Å². The molecular weight excluding hydrogens is 733 g/mol. The molecule has 0 N–H and O–H groups in total. The summed E-state index contributed by atoms with van der Waals surface area (Å²) in [4.78, 5) is 0. The lowest BCUT2D eigenvalue weighted by atomic mass is 9.86. The minimum absolute atomic E-state index is 0.139. The van der Waals surface area contributed by atoms with Gasteiger partial charge in [0.2, 0.25) is 0 Å². The van der Waals surface area contributed by atoms with Gasteiger partial charge in [-0.25, -0.2) is 4.39 Å². The Bertz CT molecular complexity index is 2140. The highest BCUT2D eigenvalue weighted by molar-refractivity contribution is 7.57. The molecule has 0 aliphatic carbocycles. The molecule has 56 heavy (non-hydrogen) atoms. The van der Waals surface area contributed by atoms with Crippen molar-refractivity contribution in [2.24, 2.45) is 0 Å². The van der Waals surface area contributed by atoms with Crippen LogP contribution in [0.3, 0.4) is 0 Å². The summed E-state index contributed by atoms with van der Waals surface area (Å²) in [6.07, 6.45) is 0. The quantitative estimate of drug-likeness (QED) is 0.123. The first kappa shape index (κ1) is 41.0. The SMILES string of the molecule is Cc1ccc(P(Oc2ccccc2C(C)(C)C)Oc2c(C)cc(C)cc2-c2cc(C)cc(C)c2OP(Oc2ccccc2C(C)(C)C)c2ccc(F)cc2)cc1. The van der Waals surface area contributed by atoms with Crippen LogP contribution in [0.15, 0.2) is 121 Å². The number of para-hydroxylation sites is 2. The third-order valence-corrected chi connectivity index (χ3v) is 12.4. The molecule has 2 atom stereocenters. The van der Waals surface area contributed by atoms with Crippen LogP contribution in [0.5, 0.6) is 23.0 Å². The van der Waals surface area contributed by atoms with Crippen molar-refractivity contribution in [3.05, 3.63) is 166 Å². The number of halogens is 1. The van der Waals surface area contributed by atoms with Gasteiger partial charge >= 0.3 is 16.8 Å². The third-order valence-electron chi connectivity index (χ3n) is 9.51. The molecule has 0 fully saturated rings. The average molecular weight is 787 g/mol. The second kappa shape index (κ2) is 16.8. The molecule has 7 heteroatoms. The summed E-state index contributed by atoms with van der Waals surface area (Å²) in [5.74, 6) is 2.60. The minimum Gasteiger partial charge on any atom is -0.435 e. The molecule has 0 radical (unpaired) electrons. The van der Waals surface area contributed by atoms with E-state index in [1.165, 1.54) is 12.1 Å². The molecule has 0 saturated heterocycles. The summed E-state index contributed by atoms with van der Waals surface area (Å²) < 4.78 is 42.4. The summed E-state index contributed by atoms with van der Waals surface area (Å²) in [6, 6.07) is 39.6. The van der Waals surface area contributed by atoms with E-state index in [1.807, 2.05) is 30.3 Å². The van der Waals surface area contributed by atoms with Crippen LogP contribution in [0.25, 0.3) is 11.1 Å². The van der Waals surface area contributed by atoms with E-state index >= 15 is 0 Å². The topological polar surface area (TPSA) is 36.9 Å². The van der Waals surface area contributed by atoms with Gasteiger partial charge in [-0.05, 0) is 139 Å². The first-order valence-electron chi connectivity index (χ1n) is 19.0. The van der Waals surface area contributed by atoms with Gasteiger partial charge in [-0.1, -0.05) is 108 Å². The fourth-order valence-electron chi connectivity index (χ4n) is 6.70. The summed E-state index contributed by atoms with van der Waals surface area (Å²) in [5.41, 5.74) is 8.87. The third kappa shape index (κ3) is 9.63. The molecular formula is C49H53FO4P2. The van der Waals surface area contributed by atoms with Gasteiger partial charge in [-0.2, -0.15) is 0 Å². The van der Waals surface area contributed by atoms with Crippen LogP contribution >= 0.6 is 16.8 Å². The Hall–Kier alpha value is -4.69. The van der Waals surface area contributed by atoms with Crippen molar-refractivity contribution < 1.29 is 22.5 Å². The monoisotopic (exact) mass is 786 g/mol. The normalized spacial score (nSPS) is 12.9. The van der Waals surface area contributed by atoms with E-state index in [2.05, 4.69) is 143 Å². The Balaban J connectivity index is 1.49. The molecule has 0 aromatic heterocycles. The number of hydrogen-bond donors (Lipinski definition) is 0. The number of benzene rings is 6. The molecule has 6 aromatic carbocycles. The number of aryl methyl sites for hydroxylation is 5. The molecule has 0 heterocycles. The van der Waals surface area contributed by atoms with Crippen LogP contribution in [0.4, 0.5) is 4.39 Å². The Morgan fingerprint density at radius 2 is 0.804 bits per heavy atom. The van der Waals surface area contributed by atoms with Crippen molar-refractivity contribution in [1.29, 1.82) is 0 Å². The van der Waals surface area contributed by atoms with Crippen LogP contribution in [0.1, 0.15) is 80.5 Å². The highest BCUT2D eigenvalue weighted by Crippen LogP contribution is 2.52. The lowest BCUT2D eigenvalue weighted by Crippen LogP contribution is -2.16. The van der Waals surface area contributed by atoms with Gasteiger partial charge in [0.1, 0.15) is 28.8 Å². The second-order valence-electron chi connectivity index (χ2n) is 16.6. The standard InChI is InChI=1S/C49H53FO4P2/c1-32-20-24-38(25-21-32)55(51-44-18-14-12-16-42(44)48(6,7)8)53-46-35(4)28-33(2)30-40(46)41-31-34(3)29-36(5)47(41)54-56(39-26-22-37(50)23-27-39)52-45-19-15-13-17-43(45)49(9,10)11/h12-31H,1-11H3. The van der Waals surface area contributed by atoms with Gasteiger partial charge in [-0.15, -0.1) is 0 Å². The Morgan fingerprint density at radius 1 is 0.429 bits per heavy atom. The largest absolute Gasteiger partial charge is 0.435 e. The van der Waals surface area contributed by atoms with E-state index in [0.717, 1.165) is 77.9 Å². The van der Waals surface area contributed by atoms with Gasteiger partial charge in [0, 0.05) is 11.1 Å². The van der Waals surface area contributed by atoms with Crippen molar-refractivity contribution in [3.63, 3.8) is 0 Å². The smallest absolute Gasteiger partial charge is 0.326 e. The Morgan fingerprint density at radius 3 is 1.20 bits per heavy atom. The zero-order chi connectivity index (χ0) is 40.4. The van der Waals surface area contributed by atoms with Crippen LogP contribution in [0, 0.1) is 40.4 Å². The Labute approximate surface area is 335 Å². The highest BCUT2D eigenvalue weighted by atomic mass is 31.2. The molecule has 0 aliphatic heterocycles. The minimum atomic E-state index is -1.77. The summed E-state index contributed by atoms with van der Waals surface area (Å²) >= 11 is 0. The molecule has 0 aliphatic rings. The molecule has 4 nitrogen and oxygen atoms in total. The van der Waals surface area contributed by atoms with E-state index in [0.29, 0.717) is 5.75 Å². The molecule has 2 unspecified atom stereocenters. The van der Waals surface area contributed by atoms with Crippen LogP contribution in [-0.2, 0) is 10.8 Å². The van der Waals surface area contributed by atoms with Gasteiger partial charge in [0.25, 0.3) is 0 Å². The first-order valence-corrected chi connectivity index (χ1v) is 21.4. The molecule has 290 valence electrons. The second-order valence-corrected chi connectivity index (χ2v) is 19.4. The van der Waals surface area contributed by atoms with Gasteiger partial charge < -0.3 is 18.1 Å². The summed E-state index contributed by atoms with van der Waals surface area (Å²) in [6.45, 7) is 23.5. The predicted octanol–water partition coefficient (Wildman–Crippen LogP) is 13.8. The molecule has 6 aromatic rings. The zero-order valence-corrected chi connectivity index (χ0v) is 36.2. The maximum atomic E-state index is 14.3. The average Bonchev–Trinajstić information content (AvgIpc) is 3.13. The van der Waals surface area contributed by atoms with Gasteiger partial charge in [0.05, 0.1) is 10.6 Å². The lowest BCUT2D eigenvalue weighted by Gasteiger charge is -2.28. The summed E-state index contributed by atoms with van der Waals surface area (Å²) in [5, 5.41) is 1.71. The highest BCUT2D eigenvalue weighted by Gasteiger charge is 2.29. The Kier molecular flexibility index (Phi) is 12.3. The van der Waals surface area contributed by atoms with Crippen LogP contribution < -0.4 is 28.7 Å². The predicted molar refractivity (Wildman–Crippen MR) is 234 cm³/mol. The first-order chi connectivity index (χ1) is 26.5. The summed E-state index contributed by atoms with van der Waals surface area (Å²) in [7, 11) is -3.42. The van der Waals surface area contributed by atoms with Crippen molar-refractivity contribution in [2.75, 3.05) is 0 Å². The van der Waals surface area contributed by atoms with Crippen LogP contribution in [0.2, 0.25) is 0 Å². The van der Waals surface area contributed by atoms with E-state index in [1.54, 1.807) is 12.1 Å². The maximum absolute atomic E-state index is 14.3. The number of rotatable bonds is 11. The zero-order valence-electron chi connectivity index (χ0n) is 34.5. The van der Waals surface area contributed by atoms with E-state index < -0.39 is 16.8 Å². The molecule has 0 amide bonds. The maximum Gasteiger partial charge on any atom is 0.326 e. The number of hydrogen-bond acceptors (Lipinski definition) is 4.